The van der Waals surface area contributed by atoms with E-state index in [1.54, 1.807) is 18.2 Å². The van der Waals surface area contributed by atoms with Crippen LogP contribution in [0, 0.1) is 10.1 Å². The van der Waals surface area contributed by atoms with Crippen molar-refractivity contribution in [2.75, 3.05) is 7.11 Å². The second kappa shape index (κ2) is 10.00. The van der Waals surface area contributed by atoms with Crippen molar-refractivity contribution in [2.24, 2.45) is 5.10 Å². The summed E-state index contributed by atoms with van der Waals surface area (Å²) >= 11 is 3.34. The lowest BCUT2D eigenvalue weighted by Gasteiger charge is -2.14. The maximum Gasteiger partial charge on any atom is 0.344 e. The van der Waals surface area contributed by atoms with Crippen LogP contribution < -0.4 is 15.0 Å². The van der Waals surface area contributed by atoms with Gasteiger partial charge in [0.05, 0.1) is 29.2 Å². The van der Waals surface area contributed by atoms with Crippen molar-refractivity contribution in [3.8, 4) is 11.5 Å². The molecule has 3 aromatic rings. The van der Waals surface area contributed by atoms with Gasteiger partial charge in [0.25, 0.3) is 5.56 Å². The third-order valence-corrected chi connectivity index (χ3v) is 5.28. The van der Waals surface area contributed by atoms with Gasteiger partial charge in [-0.2, -0.15) is 9.78 Å². The fourth-order valence-electron chi connectivity index (χ4n) is 3.09. The van der Waals surface area contributed by atoms with E-state index in [1.807, 2.05) is 13.8 Å². The Hall–Kier alpha value is -3.80. The molecule has 0 aliphatic heterocycles. The van der Waals surface area contributed by atoms with Crippen molar-refractivity contribution in [2.45, 2.75) is 32.8 Å². The van der Waals surface area contributed by atoms with Gasteiger partial charge in [-0.25, -0.2) is 9.78 Å². The van der Waals surface area contributed by atoms with Crippen LogP contribution in [0.3, 0.4) is 0 Å². The molecule has 12 heteroatoms. The Balaban J connectivity index is 2.15. The summed E-state index contributed by atoms with van der Waals surface area (Å²) in [5, 5.41) is 25.4. The molecule has 2 aromatic carbocycles. The monoisotopic (exact) mass is 532 g/mol. The number of halogens is 1. The van der Waals surface area contributed by atoms with Crippen molar-refractivity contribution in [1.29, 1.82) is 0 Å². The van der Waals surface area contributed by atoms with E-state index < -0.39 is 28.2 Å². The summed E-state index contributed by atoms with van der Waals surface area (Å²) in [4.78, 5) is 39.8. The van der Waals surface area contributed by atoms with E-state index in [0.29, 0.717) is 21.2 Å². The van der Waals surface area contributed by atoms with E-state index >= 15 is 0 Å². The number of ether oxygens (including phenoxy) is 2. The predicted octanol–water partition coefficient (Wildman–Crippen LogP) is 3.93. The minimum atomic E-state index is -1.35. The first kappa shape index (κ1) is 24.8. The molecule has 1 heterocycles. The number of methoxy groups -OCH3 is 1. The van der Waals surface area contributed by atoms with Gasteiger partial charge in [-0.1, -0.05) is 29.8 Å². The Morgan fingerprint density at radius 1 is 1.29 bits per heavy atom. The van der Waals surface area contributed by atoms with Gasteiger partial charge in [-0.05, 0) is 31.2 Å². The Bertz CT molecular complexity index is 1370. The first-order valence-electron chi connectivity index (χ1n) is 10.1. The van der Waals surface area contributed by atoms with Crippen LogP contribution in [0.5, 0.6) is 11.5 Å². The van der Waals surface area contributed by atoms with Gasteiger partial charge in [-0.3, -0.25) is 14.9 Å². The Kier molecular flexibility index (Phi) is 7.30. The Labute approximate surface area is 201 Å². The maximum atomic E-state index is 13.1. The zero-order chi connectivity index (χ0) is 25.2. The number of hydrogen-bond donors (Lipinski definition) is 1. The van der Waals surface area contributed by atoms with Gasteiger partial charge in [0.15, 0.2) is 11.9 Å². The van der Waals surface area contributed by atoms with Gasteiger partial charge in [0.1, 0.15) is 5.82 Å². The van der Waals surface area contributed by atoms with Crippen LogP contribution >= 0.6 is 15.9 Å². The molecule has 178 valence electrons. The summed E-state index contributed by atoms with van der Waals surface area (Å²) in [5.41, 5.74) is -0.154. The van der Waals surface area contributed by atoms with Crippen LogP contribution in [0.1, 0.15) is 38.1 Å². The van der Waals surface area contributed by atoms with Crippen LogP contribution in [0.4, 0.5) is 5.69 Å². The summed E-state index contributed by atoms with van der Waals surface area (Å²) in [7, 11) is 1.27. The van der Waals surface area contributed by atoms with Gasteiger partial charge < -0.3 is 14.6 Å². The zero-order valence-electron chi connectivity index (χ0n) is 18.7. The quantitative estimate of drug-likeness (QED) is 0.260. The van der Waals surface area contributed by atoms with Crippen LogP contribution in [0.2, 0.25) is 0 Å². The van der Waals surface area contributed by atoms with Crippen molar-refractivity contribution in [3.05, 3.63) is 66.7 Å². The standard InChI is InChI=1S/C22H21BrN4O7/c1-11(2)20-25-16-6-5-14(23)9-15(16)21(28)26(20)24-10-13-7-17(27(31)32)19(18(8-13)33-4)34-12(3)22(29)30/h5-12H,1-4H3,(H,29,30)/t12-/m1/s1. The molecular weight excluding hydrogens is 512 g/mol. The van der Waals surface area contributed by atoms with Crippen LogP contribution in [0.25, 0.3) is 10.9 Å². The molecule has 0 saturated heterocycles. The molecule has 0 aliphatic rings. The van der Waals surface area contributed by atoms with Gasteiger partial charge in [0, 0.05) is 22.0 Å². The van der Waals surface area contributed by atoms with E-state index in [1.165, 1.54) is 26.3 Å². The highest BCUT2D eigenvalue weighted by molar-refractivity contribution is 9.10. The highest BCUT2D eigenvalue weighted by Gasteiger charge is 2.26. The molecule has 11 nitrogen and oxygen atoms in total. The summed E-state index contributed by atoms with van der Waals surface area (Å²) in [6.07, 6.45) is -0.0825. The fraction of sp³-hybridized carbons (Fsp3) is 0.273. The van der Waals surface area contributed by atoms with Gasteiger partial charge in [-0.15, -0.1) is 0 Å². The lowest BCUT2D eigenvalue weighted by atomic mass is 10.1. The Morgan fingerprint density at radius 3 is 2.59 bits per heavy atom. The number of nitrogens with zero attached hydrogens (tertiary/aromatic N) is 4. The molecule has 0 radical (unpaired) electrons. The van der Waals surface area contributed by atoms with Crippen molar-refractivity contribution in [3.63, 3.8) is 0 Å². The number of carboxylic acids is 1. The van der Waals surface area contributed by atoms with Gasteiger partial charge in [0.2, 0.25) is 5.75 Å². The van der Waals surface area contributed by atoms with Crippen LogP contribution in [0.15, 0.2) is 44.7 Å². The smallest absolute Gasteiger partial charge is 0.344 e. The molecule has 0 unspecified atom stereocenters. The molecular formula is C22H21BrN4O7. The number of aromatic nitrogens is 2. The van der Waals surface area contributed by atoms with Crippen LogP contribution in [-0.4, -0.2) is 45.1 Å². The maximum absolute atomic E-state index is 13.1. The highest BCUT2D eigenvalue weighted by Crippen LogP contribution is 2.38. The molecule has 0 amide bonds. The summed E-state index contributed by atoms with van der Waals surface area (Å²) in [6.45, 7) is 4.97. The van der Waals surface area contributed by atoms with Crippen molar-refractivity contribution < 1.29 is 24.3 Å². The number of aliphatic carboxylic acids is 1. The van der Waals surface area contributed by atoms with E-state index in [2.05, 4.69) is 26.0 Å². The largest absolute Gasteiger partial charge is 0.493 e. The number of nitro groups is 1. The zero-order valence-corrected chi connectivity index (χ0v) is 20.3. The van der Waals surface area contributed by atoms with Gasteiger partial charge >= 0.3 is 11.7 Å². The number of rotatable bonds is 8. The van der Waals surface area contributed by atoms with E-state index in [0.717, 1.165) is 10.7 Å². The first-order valence-corrected chi connectivity index (χ1v) is 10.8. The summed E-state index contributed by atoms with van der Waals surface area (Å²) < 4.78 is 12.3. The molecule has 0 aliphatic carbocycles. The topological polar surface area (TPSA) is 146 Å². The average molecular weight is 533 g/mol. The third-order valence-electron chi connectivity index (χ3n) is 4.79. The molecule has 0 bridgehead atoms. The van der Waals surface area contributed by atoms with E-state index in [9.17, 15) is 19.7 Å². The molecule has 3 rings (SSSR count). The second-order valence-corrected chi connectivity index (χ2v) is 8.49. The molecule has 34 heavy (non-hydrogen) atoms. The van der Waals surface area contributed by atoms with Crippen LogP contribution in [-0.2, 0) is 4.79 Å². The molecule has 0 saturated carbocycles. The molecule has 0 fully saturated rings. The van der Waals surface area contributed by atoms with Crippen molar-refractivity contribution in [1.82, 2.24) is 9.66 Å². The number of benzene rings is 2. The van der Waals surface area contributed by atoms with E-state index in [4.69, 9.17) is 14.6 Å². The molecule has 1 N–H and O–H groups in total. The van der Waals surface area contributed by atoms with Crippen molar-refractivity contribution >= 4 is 44.7 Å². The summed E-state index contributed by atoms with van der Waals surface area (Å²) in [6, 6.07) is 7.70. The SMILES string of the molecule is COc1cc(C=Nn2c(C(C)C)nc3ccc(Br)cc3c2=O)cc([N+](=O)[O-])c1O[C@H](C)C(=O)O. The Morgan fingerprint density at radius 2 is 2.00 bits per heavy atom. The number of carboxylic acid groups (broad SMARTS) is 1. The molecule has 1 atom stereocenters. The third kappa shape index (κ3) is 5.06. The minimum Gasteiger partial charge on any atom is -0.493 e. The highest BCUT2D eigenvalue weighted by atomic mass is 79.9. The second-order valence-electron chi connectivity index (χ2n) is 7.57. The molecule has 0 spiro atoms. The molecule has 1 aromatic heterocycles. The number of nitro benzene ring substituents is 1. The number of carbonyl (C=O) groups is 1. The lowest BCUT2D eigenvalue weighted by molar-refractivity contribution is -0.386. The summed E-state index contributed by atoms with van der Waals surface area (Å²) in [5.74, 6) is -1.40. The fourth-order valence-corrected chi connectivity index (χ4v) is 3.45. The number of fused-ring (bicyclic) bond motifs is 1. The number of hydrogen-bond acceptors (Lipinski definition) is 8. The average Bonchev–Trinajstić information content (AvgIpc) is 2.78. The lowest BCUT2D eigenvalue weighted by Crippen LogP contribution is -2.24. The minimum absolute atomic E-state index is 0.0549. The first-order chi connectivity index (χ1) is 16.0. The van der Waals surface area contributed by atoms with E-state index in [-0.39, 0.29) is 23.0 Å². The normalized spacial score (nSPS) is 12.3. The predicted molar refractivity (Wildman–Crippen MR) is 128 cm³/mol.